The van der Waals surface area contributed by atoms with Crippen LogP contribution < -0.4 is 22.3 Å². The van der Waals surface area contributed by atoms with Crippen LogP contribution in [0, 0.1) is 5.41 Å². The molecule has 0 bridgehead atoms. The molecule has 0 unspecified atom stereocenters. The topological polar surface area (TPSA) is 119 Å². The van der Waals surface area contributed by atoms with Crippen molar-refractivity contribution in [1.82, 2.24) is 0 Å². The maximum atomic E-state index is 10.1. The summed E-state index contributed by atoms with van der Waals surface area (Å²) in [6.45, 7) is 6.86. The molecule has 22 heavy (non-hydrogen) atoms. The average molecular weight is 310 g/mol. The molecule has 7 N–H and O–H groups in total. The van der Waals surface area contributed by atoms with Crippen LogP contribution in [0.5, 0.6) is 0 Å². The molecular weight excluding hydrogens is 280 g/mol. The Kier molecular flexibility index (Phi) is 8.52. The van der Waals surface area contributed by atoms with Crippen molar-refractivity contribution in [3.63, 3.8) is 0 Å². The number of hydrogen-bond acceptors (Lipinski definition) is 5. The zero-order valence-corrected chi connectivity index (χ0v) is 14.1. The SMILES string of the molecule is CC(C)(C)CCCC(=O)O.CN(N)c1ccc(CN)cc1N. The highest BCUT2D eigenvalue weighted by Gasteiger charge is 2.10. The van der Waals surface area contributed by atoms with E-state index in [2.05, 4.69) is 20.8 Å². The second-order valence-corrected chi connectivity index (χ2v) is 6.52. The van der Waals surface area contributed by atoms with Crippen LogP contribution >= 0.6 is 0 Å². The summed E-state index contributed by atoms with van der Waals surface area (Å²) in [4.78, 5) is 10.1. The zero-order chi connectivity index (χ0) is 17.3. The number of aliphatic carboxylic acids is 1. The van der Waals surface area contributed by atoms with E-state index in [0.29, 0.717) is 18.7 Å². The van der Waals surface area contributed by atoms with Gasteiger partial charge in [-0.3, -0.25) is 4.79 Å². The Hall–Kier alpha value is -1.79. The lowest BCUT2D eigenvalue weighted by molar-refractivity contribution is -0.137. The molecule has 0 fully saturated rings. The van der Waals surface area contributed by atoms with Crippen molar-refractivity contribution in [3.05, 3.63) is 23.8 Å². The summed E-state index contributed by atoms with van der Waals surface area (Å²) in [6.07, 6.45) is 2.08. The van der Waals surface area contributed by atoms with Gasteiger partial charge in [-0.05, 0) is 36.0 Å². The summed E-state index contributed by atoms with van der Waals surface area (Å²) >= 11 is 0. The van der Waals surface area contributed by atoms with Crippen LogP contribution in [0.15, 0.2) is 18.2 Å². The van der Waals surface area contributed by atoms with Gasteiger partial charge in [-0.2, -0.15) is 0 Å². The highest BCUT2D eigenvalue weighted by atomic mass is 16.4. The molecule has 6 heteroatoms. The molecule has 1 rings (SSSR count). The molecule has 0 aliphatic rings. The molecular formula is C16H30N4O2. The lowest BCUT2D eigenvalue weighted by Crippen LogP contribution is -2.26. The van der Waals surface area contributed by atoms with Crippen molar-refractivity contribution in [2.24, 2.45) is 17.0 Å². The lowest BCUT2D eigenvalue weighted by atomic mass is 9.90. The third kappa shape index (κ3) is 9.20. The van der Waals surface area contributed by atoms with Gasteiger partial charge in [0, 0.05) is 20.0 Å². The van der Waals surface area contributed by atoms with Gasteiger partial charge in [0.05, 0.1) is 11.4 Å². The molecule has 6 nitrogen and oxygen atoms in total. The first-order valence-corrected chi connectivity index (χ1v) is 7.35. The van der Waals surface area contributed by atoms with E-state index < -0.39 is 5.97 Å². The molecule has 0 spiro atoms. The smallest absolute Gasteiger partial charge is 0.303 e. The molecule has 0 aliphatic carbocycles. The summed E-state index contributed by atoms with van der Waals surface area (Å²) in [5, 5.41) is 9.79. The molecule has 0 amide bonds. The molecule has 1 aromatic carbocycles. The fourth-order valence-corrected chi connectivity index (χ4v) is 1.82. The van der Waals surface area contributed by atoms with Crippen molar-refractivity contribution >= 4 is 17.3 Å². The van der Waals surface area contributed by atoms with Crippen LogP contribution in [-0.4, -0.2) is 18.1 Å². The van der Waals surface area contributed by atoms with Crippen LogP contribution in [0.4, 0.5) is 11.4 Å². The predicted molar refractivity (Wildman–Crippen MR) is 92.3 cm³/mol. The van der Waals surface area contributed by atoms with Crippen LogP contribution in [0.1, 0.15) is 45.6 Å². The van der Waals surface area contributed by atoms with E-state index in [0.717, 1.165) is 24.1 Å². The van der Waals surface area contributed by atoms with Gasteiger partial charge < -0.3 is 21.6 Å². The Morgan fingerprint density at radius 3 is 2.27 bits per heavy atom. The third-order valence-electron chi connectivity index (χ3n) is 3.03. The molecule has 1 aromatic rings. The highest BCUT2D eigenvalue weighted by molar-refractivity contribution is 5.67. The van der Waals surface area contributed by atoms with Crippen molar-refractivity contribution in [2.45, 2.75) is 46.6 Å². The van der Waals surface area contributed by atoms with Crippen LogP contribution in [0.2, 0.25) is 0 Å². The van der Waals surface area contributed by atoms with Crippen molar-refractivity contribution in [2.75, 3.05) is 17.8 Å². The van der Waals surface area contributed by atoms with E-state index in [1.807, 2.05) is 18.2 Å². The molecule has 0 saturated carbocycles. The van der Waals surface area contributed by atoms with Crippen molar-refractivity contribution in [3.8, 4) is 0 Å². The first kappa shape index (κ1) is 20.2. The zero-order valence-electron chi connectivity index (χ0n) is 14.1. The fraction of sp³-hybridized carbons (Fsp3) is 0.562. The Morgan fingerprint density at radius 1 is 1.32 bits per heavy atom. The standard InChI is InChI=1S/C8H14N4.C8H16O2/c1-12(11)8-3-2-6(5-9)4-7(8)10;1-8(2,3)6-4-5-7(9)10/h2-4H,5,9-11H2,1H3;4-6H2,1-3H3,(H,9,10). The lowest BCUT2D eigenvalue weighted by Gasteiger charge is -2.16. The van der Waals surface area contributed by atoms with E-state index >= 15 is 0 Å². The van der Waals surface area contributed by atoms with Gasteiger partial charge in [-0.25, -0.2) is 5.84 Å². The van der Waals surface area contributed by atoms with Gasteiger partial charge in [0.1, 0.15) is 0 Å². The molecule has 0 aromatic heterocycles. The second-order valence-electron chi connectivity index (χ2n) is 6.52. The van der Waals surface area contributed by atoms with Gasteiger partial charge in [-0.15, -0.1) is 0 Å². The maximum Gasteiger partial charge on any atom is 0.303 e. The molecule has 0 saturated heterocycles. The first-order valence-electron chi connectivity index (χ1n) is 7.35. The molecule has 0 radical (unpaired) electrons. The number of hydrazine groups is 1. The number of carboxylic acids is 1. The minimum Gasteiger partial charge on any atom is -0.481 e. The van der Waals surface area contributed by atoms with E-state index in [9.17, 15) is 4.79 Å². The summed E-state index contributed by atoms with van der Waals surface area (Å²) < 4.78 is 0. The summed E-state index contributed by atoms with van der Waals surface area (Å²) in [6, 6.07) is 5.60. The van der Waals surface area contributed by atoms with E-state index in [1.54, 1.807) is 7.05 Å². The van der Waals surface area contributed by atoms with Gasteiger partial charge in [-0.1, -0.05) is 26.8 Å². The Balaban J connectivity index is 0.000000409. The Bertz CT molecular complexity index is 468. The molecule has 0 atom stereocenters. The maximum absolute atomic E-state index is 10.1. The van der Waals surface area contributed by atoms with Gasteiger partial charge in [0.2, 0.25) is 0 Å². The van der Waals surface area contributed by atoms with Crippen LogP contribution in [0.3, 0.4) is 0 Å². The van der Waals surface area contributed by atoms with E-state index in [-0.39, 0.29) is 5.41 Å². The summed E-state index contributed by atoms with van der Waals surface area (Å²) in [5.74, 6) is 4.84. The van der Waals surface area contributed by atoms with Crippen LogP contribution in [-0.2, 0) is 11.3 Å². The number of nitrogen functional groups attached to an aromatic ring is 1. The average Bonchev–Trinajstić information content (AvgIpc) is 2.36. The highest BCUT2D eigenvalue weighted by Crippen LogP contribution is 2.21. The van der Waals surface area contributed by atoms with Gasteiger partial charge >= 0.3 is 5.97 Å². The Labute approximate surface area is 133 Å². The number of benzene rings is 1. The number of nitrogens with zero attached hydrogens (tertiary/aromatic N) is 1. The first-order chi connectivity index (χ1) is 10.1. The van der Waals surface area contributed by atoms with Crippen molar-refractivity contribution in [1.29, 1.82) is 0 Å². The number of nitrogens with two attached hydrogens (primary N) is 3. The van der Waals surface area contributed by atoms with E-state index in [4.69, 9.17) is 22.4 Å². The number of anilines is 2. The molecule has 0 aliphatic heterocycles. The molecule has 126 valence electrons. The summed E-state index contributed by atoms with van der Waals surface area (Å²) in [7, 11) is 1.74. The van der Waals surface area contributed by atoms with Crippen molar-refractivity contribution < 1.29 is 9.90 Å². The third-order valence-corrected chi connectivity index (χ3v) is 3.03. The summed E-state index contributed by atoms with van der Waals surface area (Å²) in [5.41, 5.74) is 13.9. The monoisotopic (exact) mass is 310 g/mol. The normalized spacial score (nSPS) is 10.6. The second kappa shape index (κ2) is 9.27. The number of hydrogen-bond donors (Lipinski definition) is 4. The van der Waals surface area contributed by atoms with E-state index in [1.165, 1.54) is 5.01 Å². The predicted octanol–water partition coefficient (Wildman–Crippen LogP) is 2.32. The molecule has 0 heterocycles. The Morgan fingerprint density at radius 2 is 1.91 bits per heavy atom. The quantitative estimate of drug-likeness (QED) is 0.376. The number of rotatable bonds is 5. The number of carboxylic acid groups (broad SMARTS) is 1. The number of carbonyl (C=O) groups is 1. The van der Waals surface area contributed by atoms with Crippen LogP contribution in [0.25, 0.3) is 0 Å². The largest absolute Gasteiger partial charge is 0.481 e. The minimum absolute atomic E-state index is 0.273. The fourth-order valence-electron chi connectivity index (χ4n) is 1.82. The van der Waals surface area contributed by atoms with Gasteiger partial charge in [0.25, 0.3) is 0 Å². The van der Waals surface area contributed by atoms with Gasteiger partial charge in [0.15, 0.2) is 0 Å². The minimum atomic E-state index is -0.691.